The first-order valence-corrected chi connectivity index (χ1v) is 8.79. The van der Waals surface area contributed by atoms with Crippen molar-refractivity contribution < 1.29 is 9.53 Å². The van der Waals surface area contributed by atoms with Crippen LogP contribution >= 0.6 is 0 Å². The van der Waals surface area contributed by atoms with E-state index in [0.717, 1.165) is 16.5 Å². The molecule has 0 saturated heterocycles. The first-order chi connectivity index (χ1) is 13.7. The van der Waals surface area contributed by atoms with E-state index in [1.807, 2.05) is 66.7 Å². The van der Waals surface area contributed by atoms with Crippen molar-refractivity contribution in [1.29, 1.82) is 5.26 Å². The molecule has 0 aromatic heterocycles. The summed E-state index contributed by atoms with van der Waals surface area (Å²) in [5.74, 6) is 1.17. The minimum absolute atomic E-state index is 0.205. The van der Waals surface area contributed by atoms with Crippen molar-refractivity contribution in [2.24, 2.45) is 0 Å². The number of hydrogen-bond acceptors (Lipinski definition) is 3. The van der Waals surface area contributed by atoms with E-state index in [9.17, 15) is 4.79 Å². The Balaban J connectivity index is 1.52. The van der Waals surface area contributed by atoms with Gasteiger partial charge in [-0.05, 0) is 59.3 Å². The Morgan fingerprint density at radius 3 is 2.36 bits per heavy atom. The van der Waals surface area contributed by atoms with Crippen LogP contribution in [0.4, 0.5) is 5.69 Å². The zero-order valence-corrected chi connectivity index (χ0v) is 14.9. The third-order valence-corrected chi connectivity index (χ3v) is 4.30. The summed E-state index contributed by atoms with van der Waals surface area (Å²) in [5, 5.41) is 13.7. The maximum atomic E-state index is 12.6. The summed E-state index contributed by atoms with van der Waals surface area (Å²) < 4.78 is 5.81. The number of benzene rings is 4. The fraction of sp³-hybridized carbons (Fsp3) is 0. The lowest BCUT2D eigenvalue weighted by Gasteiger charge is -2.09. The molecule has 4 rings (SSSR count). The second-order valence-electron chi connectivity index (χ2n) is 6.29. The van der Waals surface area contributed by atoms with Crippen LogP contribution in [0.2, 0.25) is 0 Å². The normalized spacial score (nSPS) is 10.2. The Hall–Kier alpha value is -4.10. The number of hydrogen-bond donors (Lipinski definition) is 1. The summed E-state index contributed by atoms with van der Waals surface area (Å²) in [6.07, 6.45) is 0. The molecule has 0 atom stereocenters. The van der Waals surface area contributed by atoms with Crippen LogP contribution in [0.5, 0.6) is 11.5 Å². The summed E-state index contributed by atoms with van der Waals surface area (Å²) >= 11 is 0. The van der Waals surface area contributed by atoms with Crippen LogP contribution in [-0.4, -0.2) is 5.91 Å². The highest BCUT2D eigenvalue weighted by Crippen LogP contribution is 2.24. The molecular formula is C24H16N2O2. The van der Waals surface area contributed by atoms with Crippen molar-refractivity contribution >= 4 is 22.4 Å². The number of ether oxygens (including phenoxy) is 1. The van der Waals surface area contributed by atoms with Crippen LogP contribution in [0.3, 0.4) is 0 Å². The molecule has 0 saturated carbocycles. The van der Waals surface area contributed by atoms with Gasteiger partial charge in [-0.15, -0.1) is 0 Å². The third kappa shape index (κ3) is 3.84. The zero-order chi connectivity index (χ0) is 19.3. The Morgan fingerprint density at radius 1 is 0.786 bits per heavy atom. The topological polar surface area (TPSA) is 62.1 Å². The number of para-hydroxylation sites is 1. The number of nitriles is 1. The van der Waals surface area contributed by atoms with Crippen LogP contribution < -0.4 is 10.1 Å². The number of nitrogens with zero attached hydrogens (tertiary/aromatic N) is 1. The highest BCUT2D eigenvalue weighted by atomic mass is 16.5. The molecule has 0 aliphatic carbocycles. The molecule has 4 aromatic rings. The first-order valence-electron chi connectivity index (χ1n) is 8.79. The van der Waals surface area contributed by atoms with E-state index in [2.05, 4.69) is 11.4 Å². The number of anilines is 1. The molecule has 0 unspecified atom stereocenters. The predicted molar refractivity (Wildman–Crippen MR) is 110 cm³/mol. The maximum absolute atomic E-state index is 12.6. The summed E-state index contributed by atoms with van der Waals surface area (Å²) in [7, 11) is 0. The molecule has 0 spiro atoms. The molecule has 0 radical (unpaired) electrons. The van der Waals surface area contributed by atoms with E-state index >= 15 is 0 Å². The molecule has 28 heavy (non-hydrogen) atoms. The van der Waals surface area contributed by atoms with Gasteiger partial charge in [0.05, 0.1) is 11.6 Å². The molecule has 0 aliphatic rings. The van der Waals surface area contributed by atoms with Gasteiger partial charge in [-0.1, -0.05) is 36.4 Å². The summed E-state index contributed by atoms with van der Waals surface area (Å²) in [6.45, 7) is 0. The van der Waals surface area contributed by atoms with Gasteiger partial charge in [0.2, 0.25) is 0 Å². The summed E-state index contributed by atoms with van der Waals surface area (Å²) in [6, 6.07) is 29.7. The molecule has 0 aliphatic heterocycles. The highest BCUT2D eigenvalue weighted by molar-refractivity contribution is 6.06. The van der Waals surface area contributed by atoms with Crippen LogP contribution in [0.15, 0.2) is 91.0 Å². The van der Waals surface area contributed by atoms with E-state index in [-0.39, 0.29) is 5.91 Å². The number of fused-ring (bicyclic) bond motifs is 1. The fourth-order valence-electron chi connectivity index (χ4n) is 2.92. The third-order valence-electron chi connectivity index (χ3n) is 4.30. The highest BCUT2D eigenvalue weighted by Gasteiger charge is 2.08. The van der Waals surface area contributed by atoms with Crippen LogP contribution in [0.1, 0.15) is 15.9 Å². The average Bonchev–Trinajstić information content (AvgIpc) is 2.74. The van der Waals surface area contributed by atoms with Crippen molar-refractivity contribution in [3.05, 3.63) is 102 Å². The van der Waals surface area contributed by atoms with Crippen molar-refractivity contribution in [3.8, 4) is 17.6 Å². The fourth-order valence-corrected chi connectivity index (χ4v) is 2.92. The Kier molecular flexibility index (Phi) is 4.73. The van der Waals surface area contributed by atoms with E-state index in [1.54, 1.807) is 24.3 Å². The van der Waals surface area contributed by atoms with Gasteiger partial charge in [0.25, 0.3) is 5.91 Å². The second kappa shape index (κ2) is 7.65. The lowest BCUT2D eigenvalue weighted by atomic mass is 10.0. The molecule has 134 valence electrons. The molecular weight excluding hydrogens is 348 g/mol. The van der Waals surface area contributed by atoms with Crippen molar-refractivity contribution in [3.63, 3.8) is 0 Å². The molecule has 0 bridgehead atoms. The number of rotatable bonds is 4. The number of carbonyl (C=O) groups is 1. The van der Waals surface area contributed by atoms with Gasteiger partial charge in [-0.3, -0.25) is 4.79 Å². The minimum Gasteiger partial charge on any atom is -0.457 e. The standard InChI is InChI=1S/C24H16N2O2/c25-16-17-9-10-19-14-20(12-11-18(19)13-17)24(27)26-21-5-4-8-23(15-21)28-22-6-2-1-3-7-22/h1-15H,(H,26,27). The number of amides is 1. The molecule has 0 fully saturated rings. The molecule has 4 nitrogen and oxygen atoms in total. The Morgan fingerprint density at radius 2 is 1.54 bits per heavy atom. The summed E-state index contributed by atoms with van der Waals surface area (Å²) in [4.78, 5) is 12.6. The van der Waals surface area contributed by atoms with Crippen LogP contribution in [-0.2, 0) is 0 Å². The SMILES string of the molecule is N#Cc1ccc2cc(C(=O)Nc3cccc(Oc4ccccc4)c3)ccc2c1. The zero-order valence-electron chi connectivity index (χ0n) is 14.9. The van der Waals surface area contributed by atoms with Gasteiger partial charge in [-0.25, -0.2) is 0 Å². The Bertz CT molecular complexity index is 1190. The quantitative estimate of drug-likeness (QED) is 0.501. The van der Waals surface area contributed by atoms with Crippen LogP contribution in [0.25, 0.3) is 10.8 Å². The lowest BCUT2D eigenvalue weighted by molar-refractivity contribution is 0.102. The van der Waals surface area contributed by atoms with E-state index in [4.69, 9.17) is 10.00 Å². The molecule has 0 heterocycles. The van der Waals surface area contributed by atoms with Gasteiger partial charge in [0.1, 0.15) is 11.5 Å². The smallest absolute Gasteiger partial charge is 0.255 e. The van der Waals surface area contributed by atoms with Crippen molar-refractivity contribution in [2.45, 2.75) is 0 Å². The van der Waals surface area contributed by atoms with E-state index in [0.29, 0.717) is 22.6 Å². The molecule has 4 heteroatoms. The Labute approximate surface area is 162 Å². The molecule has 1 N–H and O–H groups in total. The predicted octanol–water partition coefficient (Wildman–Crippen LogP) is 5.76. The minimum atomic E-state index is -0.205. The van der Waals surface area contributed by atoms with Gasteiger partial charge >= 0.3 is 0 Å². The van der Waals surface area contributed by atoms with Gasteiger partial charge < -0.3 is 10.1 Å². The second-order valence-corrected chi connectivity index (χ2v) is 6.29. The average molecular weight is 364 g/mol. The van der Waals surface area contributed by atoms with Crippen molar-refractivity contribution in [2.75, 3.05) is 5.32 Å². The molecule has 1 amide bonds. The number of nitrogens with one attached hydrogen (secondary N) is 1. The maximum Gasteiger partial charge on any atom is 0.255 e. The van der Waals surface area contributed by atoms with E-state index in [1.165, 1.54) is 0 Å². The monoisotopic (exact) mass is 364 g/mol. The van der Waals surface area contributed by atoms with Crippen molar-refractivity contribution in [1.82, 2.24) is 0 Å². The van der Waals surface area contributed by atoms with Gasteiger partial charge in [-0.2, -0.15) is 5.26 Å². The first kappa shape index (κ1) is 17.3. The van der Waals surface area contributed by atoms with Gasteiger partial charge in [0.15, 0.2) is 0 Å². The van der Waals surface area contributed by atoms with Gasteiger partial charge in [0, 0.05) is 17.3 Å². The van der Waals surface area contributed by atoms with E-state index < -0.39 is 0 Å². The summed E-state index contributed by atoms with van der Waals surface area (Å²) in [5.41, 5.74) is 1.80. The number of carbonyl (C=O) groups excluding carboxylic acids is 1. The molecule has 4 aromatic carbocycles. The lowest BCUT2D eigenvalue weighted by Crippen LogP contribution is -2.11. The van der Waals surface area contributed by atoms with Crippen LogP contribution in [0, 0.1) is 11.3 Å². The largest absolute Gasteiger partial charge is 0.457 e.